The molecule has 0 radical (unpaired) electrons. The molecule has 0 aromatic rings. The maximum absolute atomic E-state index is 4.10. The predicted molar refractivity (Wildman–Crippen MR) is 72.3 cm³/mol. The number of allylic oxidation sites excluding steroid dienone is 2. The third kappa shape index (κ3) is 3.70. The van der Waals surface area contributed by atoms with E-state index in [0.29, 0.717) is 6.04 Å². The van der Waals surface area contributed by atoms with Gasteiger partial charge >= 0.3 is 0 Å². The number of hydrogen-bond donors (Lipinski definition) is 1. The molecule has 1 fully saturated rings. The van der Waals surface area contributed by atoms with E-state index >= 15 is 0 Å². The first kappa shape index (κ1) is 13.3. The van der Waals surface area contributed by atoms with Gasteiger partial charge in [-0.05, 0) is 51.0 Å². The molecule has 1 aliphatic carbocycles. The highest BCUT2D eigenvalue weighted by atomic mass is 14.9. The van der Waals surface area contributed by atoms with Crippen LogP contribution in [0.25, 0.3) is 0 Å². The first-order valence-electron chi connectivity index (χ1n) is 6.63. The van der Waals surface area contributed by atoms with Crippen LogP contribution < -0.4 is 5.32 Å². The molecule has 1 aliphatic rings. The van der Waals surface area contributed by atoms with Crippen molar-refractivity contribution in [3.8, 4) is 0 Å². The summed E-state index contributed by atoms with van der Waals surface area (Å²) in [7, 11) is 0. The Balaban J connectivity index is 2.40. The molecule has 1 saturated carbocycles. The Hall–Kier alpha value is -0.720. The van der Waals surface area contributed by atoms with Crippen LogP contribution in [0.2, 0.25) is 0 Å². The van der Waals surface area contributed by atoms with Crippen LogP contribution in [0.3, 0.4) is 0 Å². The Morgan fingerprint density at radius 3 is 2.38 bits per heavy atom. The SMILES string of the molecule is C=C(NC(C)C1CCC(C)CC1)/C(C)=C/C. The van der Waals surface area contributed by atoms with Gasteiger partial charge in [0, 0.05) is 11.7 Å². The quantitative estimate of drug-likeness (QED) is 0.699. The van der Waals surface area contributed by atoms with Crippen LogP contribution in [0.15, 0.2) is 23.9 Å². The van der Waals surface area contributed by atoms with Crippen LogP contribution in [-0.2, 0) is 0 Å². The molecule has 0 amide bonds. The summed E-state index contributed by atoms with van der Waals surface area (Å²) in [6.45, 7) is 12.9. The van der Waals surface area contributed by atoms with Gasteiger partial charge in [-0.3, -0.25) is 0 Å². The highest BCUT2D eigenvalue weighted by Gasteiger charge is 2.23. The molecule has 1 N–H and O–H groups in total. The van der Waals surface area contributed by atoms with E-state index in [4.69, 9.17) is 0 Å². The maximum atomic E-state index is 4.10. The summed E-state index contributed by atoms with van der Waals surface area (Å²) < 4.78 is 0. The van der Waals surface area contributed by atoms with Gasteiger partial charge in [-0.25, -0.2) is 0 Å². The average molecular weight is 221 g/mol. The summed E-state index contributed by atoms with van der Waals surface area (Å²) in [5.41, 5.74) is 2.35. The van der Waals surface area contributed by atoms with Crippen molar-refractivity contribution in [1.29, 1.82) is 0 Å². The normalized spacial score (nSPS) is 28.6. The molecule has 92 valence electrons. The zero-order valence-electron chi connectivity index (χ0n) is 11.3. The Kier molecular flexibility index (Phi) is 5.11. The molecule has 0 heterocycles. The van der Waals surface area contributed by atoms with Crippen LogP contribution in [0, 0.1) is 11.8 Å². The lowest BCUT2D eigenvalue weighted by atomic mass is 9.79. The summed E-state index contributed by atoms with van der Waals surface area (Å²) in [4.78, 5) is 0. The Labute approximate surface area is 101 Å². The van der Waals surface area contributed by atoms with Crippen molar-refractivity contribution in [2.45, 2.75) is 59.4 Å². The van der Waals surface area contributed by atoms with Gasteiger partial charge in [0.15, 0.2) is 0 Å². The van der Waals surface area contributed by atoms with Crippen molar-refractivity contribution in [1.82, 2.24) is 5.32 Å². The molecule has 1 heteroatoms. The van der Waals surface area contributed by atoms with Crippen LogP contribution in [0.4, 0.5) is 0 Å². The standard InChI is InChI=1S/C15H27N/c1-6-12(3)13(4)16-14(5)15-9-7-11(2)8-10-15/h6,11,14-16H,4,7-10H2,1-3,5H3/b12-6+. The van der Waals surface area contributed by atoms with Crippen LogP contribution in [0.1, 0.15) is 53.4 Å². The molecular weight excluding hydrogens is 194 g/mol. The number of rotatable bonds is 4. The molecule has 1 atom stereocenters. The van der Waals surface area contributed by atoms with Crippen molar-refractivity contribution in [3.63, 3.8) is 0 Å². The van der Waals surface area contributed by atoms with Crippen LogP contribution in [-0.4, -0.2) is 6.04 Å². The third-order valence-electron chi connectivity index (χ3n) is 4.08. The predicted octanol–water partition coefficient (Wildman–Crippen LogP) is 4.27. The third-order valence-corrected chi connectivity index (χ3v) is 4.08. The van der Waals surface area contributed by atoms with Gasteiger partial charge in [0.1, 0.15) is 0 Å². The summed E-state index contributed by atoms with van der Waals surface area (Å²) in [6.07, 6.45) is 7.65. The minimum absolute atomic E-state index is 0.565. The molecule has 1 unspecified atom stereocenters. The van der Waals surface area contributed by atoms with E-state index in [0.717, 1.165) is 17.5 Å². The lowest BCUT2D eigenvalue weighted by Gasteiger charge is -2.32. The molecule has 0 aromatic heterocycles. The lowest BCUT2D eigenvalue weighted by molar-refractivity contribution is 0.247. The zero-order chi connectivity index (χ0) is 12.1. The smallest absolute Gasteiger partial charge is 0.0295 e. The second-order valence-electron chi connectivity index (χ2n) is 5.40. The van der Waals surface area contributed by atoms with Crippen molar-refractivity contribution in [2.24, 2.45) is 11.8 Å². The van der Waals surface area contributed by atoms with Gasteiger partial charge in [-0.15, -0.1) is 0 Å². The summed E-state index contributed by atoms with van der Waals surface area (Å²) in [5, 5.41) is 3.55. The number of nitrogens with one attached hydrogen (secondary N) is 1. The van der Waals surface area contributed by atoms with Gasteiger partial charge in [0.05, 0.1) is 0 Å². The summed E-state index contributed by atoms with van der Waals surface area (Å²) >= 11 is 0. The first-order valence-corrected chi connectivity index (χ1v) is 6.63. The largest absolute Gasteiger partial charge is 0.383 e. The Morgan fingerprint density at radius 1 is 1.31 bits per heavy atom. The highest BCUT2D eigenvalue weighted by Crippen LogP contribution is 2.30. The second kappa shape index (κ2) is 6.12. The molecule has 0 aromatic carbocycles. The summed E-state index contributed by atoms with van der Waals surface area (Å²) in [6, 6.07) is 0.565. The maximum Gasteiger partial charge on any atom is 0.0295 e. The molecule has 16 heavy (non-hydrogen) atoms. The molecule has 1 nitrogen and oxygen atoms in total. The fraction of sp³-hybridized carbons (Fsp3) is 0.733. The average Bonchev–Trinajstić information content (AvgIpc) is 2.28. The molecule has 0 spiro atoms. The minimum Gasteiger partial charge on any atom is -0.383 e. The van der Waals surface area contributed by atoms with Crippen molar-refractivity contribution < 1.29 is 0 Å². The van der Waals surface area contributed by atoms with Crippen molar-refractivity contribution in [3.05, 3.63) is 23.9 Å². The Morgan fingerprint density at radius 2 is 1.88 bits per heavy atom. The second-order valence-corrected chi connectivity index (χ2v) is 5.40. The van der Waals surface area contributed by atoms with Gasteiger partial charge in [-0.2, -0.15) is 0 Å². The van der Waals surface area contributed by atoms with E-state index < -0.39 is 0 Å². The van der Waals surface area contributed by atoms with E-state index in [1.807, 2.05) is 0 Å². The molecular formula is C15H27N. The molecule has 1 rings (SSSR count). The molecule has 0 saturated heterocycles. The Bertz CT molecular complexity index is 257. The topological polar surface area (TPSA) is 12.0 Å². The highest BCUT2D eigenvalue weighted by molar-refractivity contribution is 5.24. The van der Waals surface area contributed by atoms with Gasteiger partial charge < -0.3 is 5.32 Å². The molecule has 0 bridgehead atoms. The van der Waals surface area contributed by atoms with E-state index in [1.165, 1.54) is 31.3 Å². The van der Waals surface area contributed by atoms with E-state index in [9.17, 15) is 0 Å². The van der Waals surface area contributed by atoms with Gasteiger partial charge in [0.25, 0.3) is 0 Å². The van der Waals surface area contributed by atoms with Crippen molar-refractivity contribution >= 4 is 0 Å². The fourth-order valence-corrected chi connectivity index (χ4v) is 2.47. The number of hydrogen-bond acceptors (Lipinski definition) is 1. The van der Waals surface area contributed by atoms with E-state index in [-0.39, 0.29) is 0 Å². The fourth-order valence-electron chi connectivity index (χ4n) is 2.47. The van der Waals surface area contributed by atoms with Crippen molar-refractivity contribution in [2.75, 3.05) is 0 Å². The van der Waals surface area contributed by atoms with Crippen LogP contribution >= 0.6 is 0 Å². The van der Waals surface area contributed by atoms with Gasteiger partial charge in [0.2, 0.25) is 0 Å². The van der Waals surface area contributed by atoms with E-state index in [1.54, 1.807) is 0 Å². The lowest BCUT2D eigenvalue weighted by Crippen LogP contribution is -2.35. The summed E-state index contributed by atoms with van der Waals surface area (Å²) in [5.74, 6) is 1.77. The minimum atomic E-state index is 0.565. The van der Waals surface area contributed by atoms with Gasteiger partial charge in [-0.1, -0.05) is 32.4 Å². The zero-order valence-corrected chi connectivity index (χ0v) is 11.3. The monoisotopic (exact) mass is 221 g/mol. The first-order chi connectivity index (χ1) is 7.54. The molecule has 0 aliphatic heterocycles. The van der Waals surface area contributed by atoms with Crippen LogP contribution in [0.5, 0.6) is 0 Å². The van der Waals surface area contributed by atoms with E-state index in [2.05, 4.69) is 45.7 Å².